The number of nitrogens with one attached hydrogen (secondary N) is 1. The highest BCUT2D eigenvalue weighted by Crippen LogP contribution is 2.18. The van der Waals surface area contributed by atoms with Crippen LogP contribution in [0.4, 0.5) is 0 Å². The van der Waals surface area contributed by atoms with Gasteiger partial charge in [0, 0.05) is 12.1 Å². The van der Waals surface area contributed by atoms with E-state index in [-0.39, 0.29) is 16.2 Å². The first-order valence-electron chi connectivity index (χ1n) is 6.51. The van der Waals surface area contributed by atoms with Crippen LogP contribution in [0.2, 0.25) is 0 Å². The predicted molar refractivity (Wildman–Crippen MR) is 87.0 cm³/mol. The summed E-state index contributed by atoms with van der Waals surface area (Å²) in [5.41, 5.74) is 6.86. The third kappa shape index (κ3) is 5.56. The van der Waals surface area contributed by atoms with Crippen LogP contribution < -0.4 is 10.5 Å². The van der Waals surface area contributed by atoms with Gasteiger partial charge in [-0.25, -0.2) is 13.1 Å². The number of sulfonamides is 1. The SMILES string of the molecule is CCC(C)(C)CNS(=O)(=O)Cc1cccc(C(N)=S)c1. The van der Waals surface area contributed by atoms with Crippen molar-refractivity contribution in [2.75, 3.05) is 6.54 Å². The van der Waals surface area contributed by atoms with Gasteiger partial charge in [0.1, 0.15) is 4.99 Å². The molecule has 6 heteroatoms. The molecule has 1 rings (SSSR count). The number of benzene rings is 1. The van der Waals surface area contributed by atoms with Gasteiger partial charge in [-0.2, -0.15) is 0 Å². The Bertz CT molecular complexity index is 581. The Morgan fingerprint density at radius 3 is 2.60 bits per heavy atom. The molecule has 20 heavy (non-hydrogen) atoms. The van der Waals surface area contributed by atoms with Gasteiger partial charge in [0.05, 0.1) is 5.75 Å². The highest BCUT2D eigenvalue weighted by molar-refractivity contribution is 7.88. The summed E-state index contributed by atoms with van der Waals surface area (Å²) in [6.07, 6.45) is 0.909. The van der Waals surface area contributed by atoms with Gasteiger partial charge in [0.15, 0.2) is 0 Å². The second-order valence-electron chi connectivity index (χ2n) is 5.66. The van der Waals surface area contributed by atoms with Crippen LogP contribution in [0.25, 0.3) is 0 Å². The molecule has 3 N–H and O–H groups in total. The number of rotatable bonds is 7. The van der Waals surface area contributed by atoms with E-state index in [0.29, 0.717) is 17.7 Å². The van der Waals surface area contributed by atoms with Crippen molar-refractivity contribution in [3.8, 4) is 0 Å². The molecule has 4 nitrogen and oxygen atoms in total. The second-order valence-corrected chi connectivity index (χ2v) is 7.91. The maximum absolute atomic E-state index is 12.1. The maximum Gasteiger partial charge on any atom is 0.215 e. The van der Waals surface area contributed by atoms with Gasteiger partial charge in [-0.3, -0.25) is 0 Å². The standard InChI is InChI=1S/C14H22N2O2S2/c1-4-14(2,3)10-16-20(17,18)9-11-6-5-7-12(8-11)13(15)19/h5-8,16H,4,9-10H2,1-3H3,(H2,15,19). The minimum absolute atomic E-state index is 0.0479. The third-order valence-electron chi connectivity index (χ3n) is 3.30. The number of nitrogens with two attached hydrogens (primary N) is 1. The molecule has 0 saturated heterocycles. The Kier molecular flexibility index (Phi) is 5.68. The van der Waals surface area contributed by atoms with Crippen LogP contribution in [0.15, 0.2) is 24.3 Å². The lowest BCUT2D eigenvalue weighted by molar-refractivity contribution is 0.350. The lowest BCUT2D eigenvalue weighted by Crippen LogP contribution is -2.34. The Morgan fingerprint density at radius 1 is 1.40 bits per heavy atom. The summed E-state index contributed by atoms with van der Waals surface area (Å²) in [5.74, 6) is -0.0662. The largest absolute Gasteiger partial charge is 0.389 e. The van der Waals surface area contributed by atoms with E-state index in [1.807, 2.05) is 20.8 Å². The van der Waals surface area contributed by atoms with Crippen LogP contribution in [-0.2, 0) is 15.8 Å². The van der Waals surface area contributed by atoms with E-state index in [9.17, 15) is 8.42 Å². The molecular weight excluding hydrogens is 292 g/mol. The number of thiocarbonyl (C=S) groups is 1. The average molecular weight is 314 g/mol. The first kappa shape index (κ1) is 17.1. The van der Waals surface area contributed by atoms with Crippen LogP contribution >= 0.6 is 12.2 Å². The van der Waals surface area contributed by atoms with Crippen molar-refractivity contribution in [3.05, 3.63) is 35.4 Å². The van der Waals surface area contributed by atoms with Crippen LogP contribution in [-0.4, -0.2) is 20.0 Å². The molecule has 0 atom stereocenters. The van der Waals surface area contributed by atoms with Crippen LogP contribution in [0.5, 0.6) is 0 Å². The molecule has 1 aromatic carbocycles. The Labute approximate surface area is 126 Å². The average Bonchev–Trinajstić information content (AvgIpc) is 2.36. The van der Waals surface area contributed by atoms with Gasteiger partial charge in [-0.05, 0) is 23.5 Å². The number of hydrogen-bond acceptors (Lipinski definition) is 3. The van der Waals surface area contributed by atoms with Crippen molar-refractivity contribution in [1.82, 2.24) is 4.72 Å². The Balaban J connectivity index is 2.76. The van der Waals surface area contributed by atoms with E-state index in [2.05, 4.69) is 4.72 Å². The zero-order valence-electron chi connectivity index (χ0n) is 12.1. The Hall–Kier alpha value is -0.980. The Morgan fingerprint density at radius 2 is 2.05 bits per heavy atom. The van der Waals surface area contributed by atoms with E-state index >= 15 is 0 Å². The van der Waals surface area contributed by atoms with Gasteiger partial charge in [-0.1, -0.05) is 51.2 Å². The van der Waals surface area contributed by atoms with Gasteiger partial charge >= 0.3 is 0 Å². The van der Waals surface area contributed by atoms with Gasteiger partial charge in [0.25, 0.3) is 0 Å². The molecule has 0 amide bonds. The number of hydrogen-bond donors (Lipinski definition) is 2. The summed E-state index contributed by atoms with van der Waals surface area (Å²) in [4.78, 5) is 0.268. The van der Waals surface area contributed by atoms with E-state index in [0.717, 1.165) is 6.42 Å². The molecule has 0 aliphatic rings. The van der Waals surface area contributed by atoms with Crippen molar-refractivity contribution in [1.29, 1.82) is 0 Å². The molecule has 0 bridgehead atoms. The second kappa shape index (κ2) is 6.65. The molecular formula is C14H22N2O2S2. The zero-order valence-corrected chi connectivity index (χ0v) is 13.8. The van der Waals surface area contributed by atoms with Crippen molar-refractivity contribution in [2.45, 2.75) is 32.9 Å². The van der Waals surface area contributed by atoms with Crippen molar-refractivity contribution in [3.63, 3.8) is 0 Å². The summed E-state index contributed by atoms with van der Waals surface area (Å²) in [7, 11) is -3.35. The van der Waals surface area contributed by atoms with Crippen LogP contribution in [0.1, 0.15) is 38.3 Å². The molecule has 0 saturated carbocycles. The van der Waals surface area contributed by atoms with Crippen LogP contribution in [0.3, 0.4) is 0 Å². The summed E-state index contributed by atoms with van der Waals surface area (Å²) in [6.45, 7) is 6.53. The highest BCUT2D eigenvalue weighted by atomic mass is 32.2. The van der Waals surface area contributed by atoms with Gasteiger partial charge in [0.2, 0.25) is 10.0 Å². The van der Waals surface area contributed by atoms with Crippen LogP contribution in [0, 0.1) is 5.41 Å². The van der Waals surface area contributed by atoms with E-state index < -0.39 is 10.0 Å². The molecule has 0 spiro atoms. The molecule has 0 aliphatic heterocycles. The van der Waals surface area contributed by atoms with E-state index in [1.54, 1.807) is 24.3 Å². The summed E-state index contributed by atoms with van der Waals surface area (Å²) < 4.78 is 26.8. The van der Waals surface area contributed by atoms with Crippen molar-refractivity contribution >= 4 is 27.2 Å². The molecule has 0 aromatic heterocycles. The minimum Gasteiger partial charge on any atom is -0.389 e. The highest BCUT2D eigenvalue weighted by Gasteiger charge is 2.19. The molecule has 1 aromatic rings. The van der Waals surface area contributed by atoms with Gasteiger partial charge in [-0.15, -0.1) is 0 Å². The summed E-state index contributed by atoms with van der Waals surface area (Å²) in [5, 5.41) is 0. The lowest BCUT2D eigenvalue weighted by atomic mass is 9.91. The normalized spacial score (nSPS) is 12.3. The topological polar surface area (TPSA) is 72.2 Å². The fourth-order valence-corrected chi connectivity index (χ4v) is 2.97. The minimum atomic E-state index is -3.35. The monoisotopic (exact) mass is 314 g/mol. The molecule has 112 valence electrons. The van der Waals surface area contributed by atoms with Gasteiger partial charge < -0.3 is 5.73 Å². The van der Waals surface area contributed by atoms with Crippen molar-refractivity contribution < 1.29 is 8.42 Å². The molecule has 0 aliphatic carbocycles. The first-order valence-corrected chi connectivity index (χ1v) is 8.57. The van der Waals surface area contributed by atoms with E-state index in [4.69, 9.17) is 18.0 Å². The van der Waals surface area contributed by atoms with Crippen molar-refractivity contribution in [2.24, 2.45) is 11.1 Å². The predicted octanol–water partition coefficient (Wildman–Crippen LogP) is 2.18. The summed E-state index contributed by atoms with van der Waals surface area (Å²) in [6, 6.07) is 7.00. The maximum atomic E-state index is 12.1. The quantitative estimate of drug-likeness (QED) is 0.757. The fourth-order valence-electron chi connectivity index (χ4n) is 1.52. The lowest BCUT2D eigenvalue weighted by Gasteiger charge is -2.22. The molecule has 0 fully saturated rings. The summed E-state index contributed by atoms with van der Waals surface area (Å²) >= 11 is 4.89. The molecule has 0 radical (unpaired) electrons. The molecule has 0 heterocycles. The van der Waals surface area contributed by atoms with E-state index in [1.165, 1.54) is 0 Å². The molecule has 0 unspecified atom stereocenters. The smallest absolute Gasteiger partial charge is 0.215 e. The fraction of sp³-hybridized carbons (Fsp3) is 0.500. The zero-order chi connectivity index (χ0) is 15.4. The first-order chi connectivity index (χ1) is 9.15. The third-order valence-corrected chi connectivity index (χ3v) is 4.83.